The number of hydrogen-bond acceptors (Lipinski definition) is 9. The van der Waals surface area contributed by atoms with E-state index >= 15 is 0 Å². The molecule has 0 aliphatic heterocycles. The summed E-state index contributed by atoms with van der Waals surface area (Å²) in [6.45, 7) is 2.56. The van der Waals surface area contributed by atoms with Gasteiger partial charge in [-0.25, -0.2) is 15.0 Å². The maximum atomic E-state index is 12.7. The van der Waals surface area contributed by atoms with Crippen LogP contribution in [0, 0.1) is 0 Å². The van der Waals surface area contributed by atoms with Crippen LogP contribution in [-0.2, 0) is 13.6 Å². The smallest absolute Gasteiger partial charge is 0.184 e. The third-order valence-electron chi connectivity index (χ3n) is 5.32. The molecule has 0 radical (unpaired) electrons. The Labute approximate surface area is 203 Å². The van der Waals surface area contributed by atoms with E-state index in [2.05, 4.69) is 36.0 Å². The highest BCUT2D eigenvalue weighted by Gasteiger charge is 2.18. The van der Waals surface area contributed by atoms with E-state index < -0.39 is 0 Å². The van der Waals surface area contributed by atoms with Crippen molar-refractivity contribution in [3.63, 3.8) is 0 Å². The number of carbonyl (C=O) groups excluding carboxylic acids is 1. The minimum atomic E-state index is -0.0254. The number of nitrogens with zero attached hydrogens (tertiary/aromatic N) is 5. The first-order valence-corrected chi connectivity index (χ1v) is 11.2. The van der Waals surface area contributed by atoms with Crippen LogP contribution in [0.1, 0.15) is 29.3 Å². The number of anilines is 4. The lowest BCUT2D eigenvalue weighted by Crippen LogP contribution is -2.07. The molecule has 0 unspecified atom stereocenters. The van der Waals surface area contributed by atoms with Gasteiger partial charge in [-0.1, -0.05) is 19.1 Å². The summed E-state index contributed by atoms with van der Waals surface area (Å²) in [5.41, 5.74) is 3.57. The molecule has 0 amide bonds. The molecule has 35 heavy (non-hydrogen) atoms. The molecule has 3 N–H and O–H groups in total. The van der Waals surface area contributed by atoms with Crippen LogP contribution in [0.15, 0.2) is 55.1 Å². The fourth-order valence-corrected chi connectivity index (χ4v) is 3.62. The molecule has 3 aromatic heterocycles. The minimum absolute atomic E-state index is 0.0254. The van der Waals surface area contributed by atoms with Gasteiger partial charge in [-0.05, 0) is 30.8 Å². The van der Waals surface area contributed by atoms with Crippen LogP contribution >= 0.6 is 0 Å². The van der Waals surface area contributed by atoms with Crippen LogP contribution < -0.4 is 20.7 Å². The number of methoxy groups -OCH3 is 1. The number of ether oxygens (including phenoxy) is 1. The number of rotatable bonds is 10. The molecule has 0 aliphatic rings. The Morgan fingerprint density at radius 2 is 1.86 bits per heavy atom. The number of aromatic nitrogens is 5. The minimum Gasteiger partial charge on any atom is -0.494 e. The van der Waals surface area contributed by atoms with E-state index in [0.717, 1.165) is 17.7 Å². The van der Waals surface area contributed by atoms with Gasteiger partial charge in [0.1, 0.15) is 18.0 Å². The van der Waals surface area contributed by atoms with Gasteiger partial charge >= 0.3 is 0 Å². The third kappa shape index (κ3) is 5.44. The first kappa shape index (κ1) is 23.8. The standard InChI is InChI=1S/C25H28N8O2/c1-5-21(34)18-14-28-23(31-22-10-9-16(12-26-2)13-27-22)11-20(18)30-19-8-6-7-17(24(19)35-4)25-29-15-33(3)32-25/h6-11,13-15,26H,5,12H2,1-4H3,(H2,27,28,30,31). The fraction of sp³-hybridized carbons (Fsp3) is 0.240. The van der Waals surface area contributed by atoms with Crippen LogP contribution in [0.4, 0.5) is 23.0 Å². The first-order valence-electron chi connectivity index (χ1n) is 11.2. The van der Waals surface area contributed by atoms with E-state index in [1.54, 1.807) is 36.6 Å². The molecule has 4 aromatic rings. The van der Waals surface area contributed by atoms with Crippen molar-refractivity contribution >= 4 is 28.8 Å². The lowest BCUT2D eigenvalue weighted by atomic mass is 10.1. The van der Waals surface area contributed by atoms with Crippen molar-refractivity contribution < 1.29 is 9.53 Å². The molecule has 180 valence electrons. The molecule has 0 bridgehead atoms. The Balaban J connectivity index is 1.68. The molecular weight excluding hydrogens is 444 g/mol. The van der Waals surface area contributed by atoms with Gasteiger partial charge in [-0.3, -0.25) is 9.48 Å². The second-order valence-electron chi connectivity index (χ2n) is 7.85. The van der Waals surface area contributed by atoms with Crippen LogP contribution in [0.5, 0.6) is 5.75 Å². The summed E-state index contributed by atoms with van der Waals surface area (Å²) in [7, 11) is 5.29. The lowest BCUT2D eigenvalue weighted by molar-refractivity contribution is 0.0988. The summed E-state index contributed by atoms with van der Waals surface area (Å²) < 4.78 is 7.34. The van der Waals surface area contributed by atoms with E-state index in [1.807, 2.05) is 51.4 Å². The highest BCUT2D eigenvalue weighted by molar-refractivity contribution is 6.02. The molecule has 10 heteroatoms. The van der Waals surface area contributed by atoms with Gasteiger partial charge < -0.3 is 20.7 Å². The van der Waals surface area contributed by atoms with E-state index in [-0.39, 0.29) is 5.78 Å². The van der Waals surface area contributed by atoms with Crippen LogP contribution in [0.3, 0.4) is 0 Å². The van der Waals surface area contributed by atoms with Crippen LogP contribution in [0.2, 0.25) is 0 Å². The molecule has 0 atom stereocenters. The van der Waals surface area contributed by atoms with Crippen molar-refractivity contribution in [2.75, 3.05) is 24.8 Å². The van der Waals surface area contributed by atoms with Crippen LogP contribution in [0.25, 0.3) is 11.4 Å². The molecule has 0 saturated heterocycles. The van der Waals surface area contributed by atoms with E-state index in [4.69, 9.17) is 4.74 Å². The molecule has 0 spiro atoms. The zero-order chi connectivity index (χ0) is 24.8. The number of aryl methyl sites for hydroxylation is 1. The van der Waals surface area contributed by atoms with Gasteiger partial charge in [0.05, 0.1) is 29.6 Å². The summed E-state index contributed by atoms with van der Waals surface area (Å²) >= 11 is 0. The second-order valence-corrected chi connectivity index (χ2v) is 7.85. The Morgan fingerprint density at radius 1 is 1.03 bits per heavy atom. The number of nitrogens with one attached hydrogen (secondary N) is 3. The van der Waals surface area contributed by atoms with Crippen molar-refractivity contribution in [2.24, 2.45) is 7.05 Å². The number of hydrogen-bond donors (Lipinski definition) is 3. The SMILES string of the molecule is CCC(=O)c1cnc(Nc2ccc(CNC)cn2)cc1Nc1cccc(-c2ncn(C)n2)c1OC. The van der Waals surface area contributed by atoms with Crippen LogP contribution in [-0.4, -0.2) is 44.7 Å². The maximum Gasteiger partial charge on any atom is 0.184 e. The Hall–Kier alpha value is -4.31. The third-order valence-corrected chi connectivity index (χ3v) is 5.32. The summed E-state index contributed by atoms with van der Waals surface area (Å²) in [5.74, 6) is 2.29. The summed E-state index contributed by atoms with van der Waals surface area (Å²) in [6, 6.07) is 11.3. The topological polar surface area (TPSA) is 119 Å². The summed E-state index contributed by atoms with van der Waals surface area (Å²) in [4.78, 5) is 25.9. The van der Waals surface area contributed by atoms with Crippen molar-refractivity contribution in [3.8, 4) is 17.1 Å². The van der Waals surface area contributed by atoms with E-state index in [0.29, 0.717) is 46.6 Å². The molecule has 3 heterocycles. The van der Waals surface area contributed by atoms with E-state index in [1.165, 1.54) is 0 Å². The molecule has 0 aliphatic carbocycles. The number of para-hydroxylation sites is 1. The van der Waals surface area contributed by atoms with Gasteiger partial charge in [0.15, 0.2) is 17.4 Å². The quantitative estimate of drug-likeness (QED) is 0.293. The second kappa shape index (κ2) is 10.7. The van der Waals surface area contributed by atoms with Gasteiger partial charge in [0, 0.05) is 38.5 Å². The zero-order valence-electron chi connectivity index (χ0n) is 20.2. The highest BCUT2D eigenvalue weighted by Crippen LogP contribution is 2.37. The molecule has 4 rings (SSSR count). The average molecular weight is 473 g/mol. The van der Waals surface area contributed by atoms with Crippen molar-refractivity contribution in [2.45, 2.75) is 19.9 Å². The van der Waals surface area contributed by atoms with Crippen molar-refractivity contribution in [1.82, 2.24) is 30.0 Å². The summed E-state index contributed by atoms with van der Waals surface area (Å²) in [5, 5.41) is 14.1. The molecule has 0 saturated carbocycles. The largest absolute Gasteiger partial charge is 0.494 e. The monoisotopic (exact) mass is 472 g/mol. The summed E-state index contributed by atoms with van der Waals surface area (Å²) in [6.07, 6.45) is 5.36. The van der Waals surface area contributed by atoms with Gasteiger partial charge in [0.25, 0.3) is 0 Å². The van der Waals surface area contributed by atoms with E-state index in [9.17, 15) is 4.79 Å². The Morgan fingerprint density at radius 3 is 2.51 bits per heavy atom. The molecule has 10 nitrogen and oxygen atoms in total. The van der Waals surface area contributed by atoms with Gasteiger partial charge in [0.2, 0.25) is 0 Å². The number of benzene rings is 1. The molecule has 0 fully saturated rings. The first-order chi connectivity index (χ1) is 17.0. The van der Waals surface area contributed by atoms with Crippen molar-refractivity contribution in [3.05, 3.63) is 66.2 Å². The Kier molecular flexibility index (Phi) is 7.32. The van der Waals surface area contributed by atoms with Crippen molar-refractivity contribution in [1.29, 1.82) is 0 Å². The predicted molar refractivity (Wildman–Crippen MR) is 135 cm³/mol. The average Bonchev–Trinajstić information content (AvgIpc) is 3.31. The predicted octanol–water partition coefficient (Wildman–Crippen LogP) is 4.08. The fourth-order valence-electron chi connectivity index (χ4n) is 3.62. The number of ketones is 1. The van der Waals surface area contributed by atoms with Gasteiger partial charge in [-0.15, -0.1) is 0 Å². The molecule has 1 aromatic carbocycles. The Bertz CT molecular complexity index is 1320. The molecular formula is C25H28N8O2. The van der Waals surface area contributed by atoms with Gasteiger partial charge in [-0.2, -0.15) is 5.10 Å². The zero-order valence-corrected chi connectivity index (χ0v) is 20.2. The number of carbonyl (C=O) groups is 1. The normalized spacial score (nSPS) is 10.7. The highest BCUT2D eigenvalue weighted by atomic mass is 16.5. The maximum absolute atomic E-state index is 12.7. The number of Topliss-reactive ketones (excluding diaryl/α,β-unsaturated/α-hetero) is 1. The lowest BCUT2D eigenvalue weighted by Gasteiger charge is -2.17. The number of pyridine rings is 2.